The number of hydrogen-bond donors (Lipinski definition) is 2. The number of nitrogens with one attached hydrogen (secondary N) is 2. The fourth-order valence-corrected chi connectivity index (χ4v) is 2.71. The van der Waals surface area contributed by atoms with Crippen LogP contribution in [0.15, 0.2) is 60.7 Å². The molecule has 5 nitrogen and oxygen atoms in total. The quantitative estimate of drug-likeness (QED) is 0.912. The minimum atomic E-state index is -0.248. The highest BCUT2D eigenvalue weighted by Crippen LogP contribution is 2.24. The van der Waals surface area contributed by atoms with Crippen LogP contribution in [0.25, 0.3) is 0 Å². The number of carbonyl (C=O) groups is 2. The van der Waals surface area contributed by atoms with E-state index in [0.29, 0.717) is 19.5 Å². The van der Waals surface area contributed by atoms with E-state index in [-0.39, 0.29) is 17.9 Å². The zero-order valence-electron chi connectivity index (χ0n) is 12.7. The van der Waals surface area contributed by atoms with Gasteiger partial charge in [-0.15, -0.1) is 0 Å². The van der Waals surface area contributed by atoms with E-state index in [1.165, 1.54) is 0 Å². The molecule has 118 valence electrons. The van der Waals surface area contributed by atoms with Gasteiger partial charge in [0.2, 0.25) is 5.91 Å². The molecule has 1 fully saturated rings. The zero-order chi connectivity index (χ0) is 16.1. The summed E-state index contributed by atoms with van der Waals surface area (Å²) in [5, 5.41) is 5.61. The summed E-state index contributed by atoms with van der Waals surface area (Å²) in [7, 11) is 0. The molecule has 2 N–H and O–H groups in total. The van der Waals surface area contributed by atoms with Crippen molar-refractivity contribution in [1.82, 2.24) is 5.32 Å². The molecule has 2 aromatic carbocycles. The first-order chi connectivity index (χ1) is 11.2. The predicted octanol–water partition coefficient (Wildman–Crippen LogP) is 2.86. The van der Waals surface area contributed by atoms with Gasteiger partial charge in [-0.25, -0.2) is 4.79 Å². The Balaban J connectivity index is 1.50. The van der Waals surface area contributed by atoms with Crippen molar-refractivity contribution in [2.24, 2.45) is 5.92 Å². The fraction of sp³-hybridized carbons (Fsp3) is 0.222. The molecule has 0 spiro atoms. The monoisotopic (exact) mass is 309 g/mol. The van der Waals surface area contributed by atoms with Crippen LogP contribution in [0, 0.1) is 5.92 Å². The smallest absolute Gasteiger partial charge is 0.319 e. The second-order valence-corrected chi connectivity index (χ2v) is 5.61. The van der Waals surface area contributed by atoms with E-state index in [0.717, 1.165) is 11.4 Å². The Bertz CT molecular complexity index is 673. The van der Waals surface area contributed by atoms with Crippen LogP contribution in [0.3, 0.4) is 0 Å². The molecule has 2 aromatic rings. The van der Waals surface area contributed by atoms with E-state index in [1.807, 2.05) is 60.7 Å². The third-order valence-corrected chi connectivity index (χ3v) is 3.86. The van der Waals surface area contributed by atoms with Crippen molar-refractivity contribution in [2.45, 2.75) is 6.42 Å². The number of carbonyl (C=O) groups excluding carboxylic acids is 2. The molecule has 3 rings (SSSR count). The van der Waals surface area contributed by atoms with Crippen molar-refractivity contribution in [1.29, 1.82) is 0 Å². The number of anilines is 2. The van der Waals surface area contributed by atoms with E-state index >= 15 is 0 Å². The van der Waals surface area contributed by atoms with Crippen LogP contribution in [0.5, 0.6) is 0 Å². The number of urea groups is 1. The van der Waals surface area contributed by atoms with E-state index in [1.54, 1.807) is 4.90 Å². The second kappa shape index (κ2) is 6.96. The van der Waals surface area contributed by atoms with Gasteiger partial charge >= 0.3 is 6.03 Å². The third kappa shape index (κ3) is 3.88. The summed E-state index contributed by atoms with van der Waals surface area (Å²) in [5.41, 5.74) is 1.66. The summed E-state index contributed by atoms with van der Waals surface area (Å²) in [6, 6.07) is 18.6. The maximum absolute atomic E-state index is 12.1. The van der Waals surface area contributed by atoms with Gasteiger partial charge in [0, 0.05) is 36.8 Å². The predicted molar refractivity (Wildman–Crippen MR) is 90.4 cm³/mol. The lowest BCUT2D eigenvalue weighted by molar-refractivity contribution is -0.117. The first kappa shape index (κ1) is 15.1. The van der Waals surface area contributed by atoms with Gasteiger partial charge in [-0.3, -0.25) is 4.79 Å². The Morgan fingerprint density at radius 3 is 2.39 bits per heavy atom. The van der Waals surface area contributed by atoms with Crippen LogP contribution >= 0.6 is 0 Å². The molecule has 1 heterocycles. The summed E-state index contributed by atoms with van der Waals surface area (Å²) < 4.78 is 0. The number of nitrogens with zero attached hydrogens (tertiary/aromatic N) is 1. The molecule has 1 atom stereocenters. The van der Waals surface area contributed by atoms with Crippen LogP contribution in [0.1, 0.15) is 6.42 Å². The van der Waals surface area contributed by atoms with Gasteiger partial charge < -0.3 is 15.5 Å². The van der Waals surface area contributed by atoms with Crippen molar-refractivity contribution in [3.05, 3.63) is 60.7 Å². The van der Waals surface area contributed by atoms with Crippen LogP contribution in [0.2, 0.25) is 0 Å². The third-order valence-electron chi connectivity index (χ3n) is 3.86. The maximum Gasteiger partial charge on any atom is 0.319 e. The van der Waals surface area contributed by atoms with Crippen molar-refractivity contribution < 1.29 is 9.59 Å². The number of amides is 3. The van der Waals surface area contributed by atoms with Crippen molar-refractivity contribution >= 4 is 23.3 Å². The molecule has 23 heavy (non-hydrogen) atoms. The number of hydrogen-bond acceptors (Lipinski definition) is 2. The summed E-state index contributed by atoms with van der Waals surface area (Å²) in [4.78, 5) is 25.8. The van der Waals surface area contributed by atoms with Crippen LogP contribution < -0.4 is 15.5 Å². The van der Waals surface area contributed by atoms with Crippen molar-refractivity contribution in [3.63, 3.8) is 0 Å². The van der Waals surface area contributed by atoms with Crippen molar-refractivity contribution in [3.8, 4) is 0 Å². The first-order valence-corrected chi connectivity index (χ1v) is 7.67. The SMILES string of the molecule is O=C(NC[C@H]1CC(=O)N(c2ccccc2)C1)Nc1ccccc1. The lowest BCUT2D eigenvalue weighted by Crippen LogP contribution is -2.34. The molecule has 3 amide bonds. The molecular formula is C18H19N3O2. The van der Waals surface area contributed by atoms with E-state index in [2.05, 4.69) is 10.6 Å². The standard InChI is InChI=1S/C18H19N3O2/c22-17-11-14(13-21(17)16-9-5-2-6-10-16)12-19-18(23)20-15-7-3-1-4-8-15/h1-10,14H,11-13H2,(H2,19,20,23)/t14-/m1/s1. The van der Waals surface area contributed by atoms with Gasteiger partial charge in [0.05, 0.1) is 0 Å². The maximum atomic E-state index is 12.1. The molecule has 0 aliphatic carbocycles. The summed E-state index contributed by atoms with van der Waals surface area (Å²) in [5.74, 6) is 0.232. The van der Waals surface area contributed by atoms with Gasteiger partial charge in [-0.2, -0.15) is 0 Å². The zero-order valence-corrected chi connectivity index (χ0v) is 12.7. The fourth-order valence-electron chi connectivity index (χ4n) is 2.71. The molecule has 5 heteroatoms. The Morgan fingerprint density at radius 2 is 1.70 bits per heavy atom. The average Bonchev–Trinajstić information content (AvgIpc) is 2.96. The van der Waals surface area contributed by atoms with E-state index in [4.69, 9.17) is 0 Å². The summed E-state index contributed by atoms with van der Waals surface area (Å²) in [6.07, 6.45) is 0.459. The van der Waals surface area contributed by atoms with Gasteiger partial charge in [0.15, 0.2) is 0 Å². The highest BCUT2D eigenvalue weighted by molar-refractivity contribution is 5.96. The Morgan fingerprint density at radius 1 is 1.04 bits per heavy atom. The molecule has 1 saturated heterocycles. The van der Waals surface area contributed by atoms with Crippen LogP contribution in [0.4, 0.5) is 16.2 Å². The minimum absolute atomic E-state index is 0.103. The Kier molecular flexibility index (Phi) is 4.57. The van der Waals surface area contributed by atoms with Crippen molar-refractivity contribution in [2.75, 3.05) is 23.3 Å². The molecule has 1 aliphatic rings. The normalized spacial score (nSPS) is 17.1. The molecule has 0 bridgehead atoms. The van der Waals surface area contributed by atoms with Crippen LogP contribution in [-0.4, -0.2) is 25.0 Å². The minimum Gasteiger partial charge on any atom is -0.338 e. The van der Waals surface area contributed by atoms with Gasteiger partial charge in [-0.1, -0.05) is 36.4 Å². The average molecular weight is 309 g/mol. The van der Waals surface area contributed by atoms with Gasteiger partial charge in [-0.05, 0) is 24.3 Å². The topological polar surface area (TPSA) is 61.4 Å². The summed E-state index contributed by atoms with van der Waals surface area (Å²) in [6.45, 7) is 1.11. The largest absolute Gasteiger partial charge is 0.338 e. The van der Waals surface area contributed by atoms with E-state index in [9.17, 15) is 9.59 Å². The Hall–Kier alpha value is -2.82. The number of para-hydroxylation sites is 2. The van der Waals surface area contributed by atoms with E-state index < -0.39 is 0 Å². The first-order valence-electron chi connectivity index (χ1n) is 7.67. The lowest BCUT2D eigenvalue weighted by Gasteiger charge is -2.17. The van der Waals surface area contributed by atoms with Gasteiger partial charge in [0.1, 0.15) is 0 Å². The van der Waals surface area contributed by atoms with Gasteiger partial charge in [0.25, 0.3) is 0 Å². The molecule has 1 aliphatic heterocycles. The highest BCUT2D eigenvalue weighted by atomic mass is 16.2. The Labute approximate surface area is 135 Å². The second-order valence-electron chi connectivity index (χ2n) is 5.61. The highest BCUT2D eigenvalue weighted by Gasteiger charge is 2.30. The molecular weight excluding hydrogens is 290 g/mol. The molecule has 0 aromatic heterocycles. The number of benzene rings is 2. The van der Waals surface area contributed by atoms with Crippen LogP contribution in [-0.2, 0) is 4.79 Å². The molecule has 0 radical (unpaired) electrons. The molecule has 0 unspecified atom stereocenters. The number of rotatable bonds is 4. The molecule has 0 saturated carbocycles. The lowest BCUT2D eigenvalue weighted by atomic mass is 10.1. The summed E-state index contributed by atoms with van der Waals surface area (Å²) >= 11 is 0.